The van der Waals surface area contributed by atoms with Gasteiger partial charge in [-0.1, -0.05) is 17.7 Å². The largest absolute Gasteiger partial charge is 0.421 e. The molecule has 4 aliphatic rings. The molecule has 0 radical (unpaired) electrons. The Morgan fingerprint density at radius 1 is 0.800 bits per heavy atom. The highest BCUT2D eigenvalue weighted by Gasteiger charge is 2.55. The molecule has 0 aromatic heterocycles. The van der Waals surface area contributed by atoms with Crippen LogP contribution >= 0.6 is 0 Å². The molecule has 0 heterocycles. The Labute approximate surface area is 220 Å². The molecule has 0 N–H and O–H groups in total. The normalized spacial score (nSPS) is 32.4. The molecule has 1 nitrogen and oxygen atoms in total. The lowest BCUT2D eigenvalue weighted by atomic mass is 9.78. The number of hydrogen-bond donors (Lipinski definition) is 0. The van der Waals surface area contributed by atoms with Gasteiger partial charge in [0.25, 0.3) is 0 Å². The monoisotopic (exact) mass is 590 g/mol. The number of rotatable bonds is 5. The zero-order valence-electron chi connectivity index (χ0n) is 20.6. The quantitative estimate of drug-likeness (QED) is 0.290. The Kier molecular flexibility index (Phi) is 8.28. The average molecular weight is 590 g/mol. The highest BCUT2D eigenvalue weighted by atomic mass is 19.4. The van der Waals surface area contributed by atoms with E-state index in [-0.39, 0.29) is 23.6 Å². The van der Waals surface area contributed by atoms with E-state index in [0.717, 1.165) is 6.08 Å². The summed E-state index contributed by atoms with van der Waals surface area (Å²) in [6, 6.07) is 0. The minimum Gasteiger partial charge on any atom is -0.312 e. The van der Waals surface area contributed by atoms with Crippen molar-refractivity contribution in [3.05, 3.63) is 81.3 Å². The molecule has 0 saturated carbocycles. The molecule has 220 valence electrons. The van der Waals surface area contributed by atoms with Crippen LogP contribution in [0.5, 0.6) is 0 Å². The molecule has 6 unspecified atom stereocenters. The predicted molar refractivity (Wildman–Crippen MR) is 121 cm³/mol. The summed E-state index contributed by atoms with van der Waals surface area (Å²) < 4.78 is 174. The van der Waals surface area contributed by atoms with Crippen molar-refractivity contribution in [1.82, 2.24) is 0 Å². The molecule has 13 heteroatoms. The van der Waals surface area contributed by atoms with Crippen LogP contribution < -0.4 is 0 Å². The molecule has 0 spiro atoms. The van der Waals surface area contributed by atoms with Gasteiger partial charge in [0.15, 0.2) is 0 Å². The second-order valence-corrected chi connectivity index (χ2v) is 10.0. The van der Waals surface area contributed by atoms with E-state index in [4.69, 9.17) is 0 Å². The van der Waals surface area contributed by atoms with E-state index in [2.05, 4.69) is 4.74 Å². The predicted octanol–water partition coefficient (Wildman–Crippen LogP) is 9.14. The molecular formula is C27H22F12O. The van der Waals surface area contributed by atoms with Crippen molar-refractivity contribution in [2.75, 3.05) is 0 Å². The zero-order chi connectivity index (χ0) is 29.7. The molecule has 0 aliphatic heterocycles. The van der Waals surface area contributed by atoms with Crippen LogP contribution in [0.1, 0.15) is 32.6 Å². The average Bonchev–Trinajstić information content (AvgIpc) is 2.76. The summed E-state index contributed by atoms with van der Waals surface area (Å²) in [6.07, 6.45) is -21.0. The first-order chi connectivity index (χ1) is 18.5. The van der Waals surface area contributed by atoms with Crippen LogP contribution in [0.2, 0.25) is 0 Å². The lowest BCUT2D eigenvalue weighted by Crippen LogP contribution is -2.47. The fraction of sp³-hybridized carbons (Fsp3) is 0.481. The fourth-order valence-corrected chi connectivity index (χ4v) is 5.25. The summed E-state index contributed by atoms with van der Waals surface area (Å²) in [6.45, 7) is 1.67. The van der Waals surface area contributed by atoms with E-state index in [1.165, 1.54) is 6.08 Å². The van der Waals surface area contributed by atoms with E-state index in [1.807, 2.05) is 0 Å². The van der Waals surface area contributed by atoms with Gasteiger partial charge in [0.05, 0.1) is 6.10 Å². The van der Waals surface area contributed by atoms with Crippen molar-refractivity contribution in [2.24, 2.45) is 5.92 Å². The van der Waals surface area contributed by atoms with Gasteiger partial charge in [-0.25, -0.2) is 30.7 Å². The molecule has 4 aliphatic carbocycles. The second-order valence-electron chi connectivity index (χ2n) is 10.0. The van der Waals surface area contributed by atoms with Gasteiger partial charge >= 0.3 is 12.3 Å². The molecule has 0 fully saturated rings. The molecule has 0 bridgehead atoms. The van der Waals surface area contributed by atoms with E-state index in [1.54, 1.807) is 13.0 Å². The minimum absolute atomic E-state index is 0.00412. The number of allylic oxidation sites excluding steroid dienone is 12. The van der Waals surface area contributed by atoms with E-state index in [9.17, 15) is 48.3 Å². The maximum Gasteiger partial charge on any atom is 0.421 e. The SMILES string of the molecule is CC1=CC=C(C2=CC(F)=C(C3=CC(F)C(C(F)(F)OC4C=C(F)C(C(F)(F)F)=C(F)C4)C(F)C3)C(F)C2)C(F)C1. The van der Waals surface area contributed by atoms with Crippen LogP contribution in [0.4, 0.5) is 52.7 Å². The van der Waals surface area contributed by atoms with Gasteiger partial charge in [-0.2, -0.15) is 22.0 Å². The van der Waals surface area contributed by atoms with Gasteiger partial charge in [-0.15, -0.1) is 0 Å². The number of hydrogen-bond acceptors (Lipinski definition) is 1. The summed E-state index contributed by atoms with van der Waals surface area (Å²) in [7, 11) is 0. The Balaban J connectivity index is 1.55. The minimum atomic E-state index is -5.46. The smallest absolute Gasteiger partial charge is 0.312 e. The van der Waals surface area contributed by atoms with E-state index in [0.29, 0.717) is 11.6 Å². The summed E-state index contributed by atoms with van der Waals surface area (Å²) in [5.41, 5.74) is -2.91. The van der Waals surface area contributed by atoms with Crippen molar-refractivity contribution >= 4 is 0 Å². The van der Waals surface area contributed by atoms with Gasteiger partial charge in [-0.3, -0.25) is 0 Å². The van der Waals surface area contributed by atoms with Gasteiger partial charge in [0, 0.05) is 31.3 Å². The first-order valence-corrected chi connectivity index (χ1v) is 12.1. The third kappa shape index (κ3) is 5.99. The van der Waals surface area contributed by atoms with E-state index < -0.39 is 102 Å². The number of alkyl halides is 9. The first-order valence-electron chi connectivity index (χ1n) is 12.1. The molecule has 6 atom stereocenters. The van der Waals surface area contributed by atoms with Crippen LogP contribution in [0.3, 0.4) is 0 Å². The van der Waals surface area contributed by atoms with Gasteiger partial charge in [-0.05, 0) is 41.9 Å². The topological polar surface area (TPSA) is 9.23 Å². The summed E-state index contributed by atoms with van der Waals surface area (Å²) in [4.78, 5) is 0. The van der Waals surface area contributed by atoms with Crippen molar-refractivity contribution in [3.8, 4) is 0 Å². The molecule has 0 saturated heterocycles. The lowest BCUT2D eigenvalue weighted by Gasteiger charge is -2.37. The molecule has 0 aromatic carbocycles. The third-order valence-electron chi connectivity index (χ3n) is 7.08. The molecule has 40 heavy (non-hydrogen) atoms. The second kappa shape index (κ2) is 10.9. The van der Waals surface area contributed by atoms with Crippen molar-refractivity contribution in [1.29, 1.82) is 0 Å². The highest BCUT2D eigenvalue weighted by molar-refractivity contribution is 5.52. The van der Waals surface area contributed by atoms with Gasteiger partial charge in [0.2, 0.25) is 0 Å². The van der Waals surface area contributed by atoms with Crippen LogP contribution in [-0.4, -0.2) is 43.1 Å². The Morgan fingerprint density at radius 2 is 1.48 bits per heavy atom. The zero-order valence-corrected chi connectivity index (χ0v) is 20.6. The summed E-state index contributed by atoms with van der Waals surface area (Å²) in [5.74, 6) is -8.56. The number of ether oxygens (including phenoxy) is 1. The molecule has 0 aromatic rings. The van der Waals surface area contributed by atoms with Crippen LogP contribution in [0.25, 0.3) is 0 Å². The van der Waals surface area contributed by atoms with Crippen LogP contribution in [0.15, 0.2) is 81.3 Å². The molecular weight excluding hydrogens is 568 g/mol. The number of halogens is 12. The fourth-order valence-electron chi connectivity index (χ4n) is 5.25. The van der Waals surface area contributed by atoms with Crippen molar-refractivity contribution in [2.45, 2.75) is 75.7 Å². The maximum absolute atomic E-state index is 15.1. The Hall–Kier alpha value is -2.70. The summed E-state index contributed by atoms with van der Waals surface area (Å²) in [5, 5.41) is 0. The third-order valence-corrected chi connectivity index (χ3v) is 7.08. The highest BCUT2D eigenvalue weighted by Crippen LogP contribution is 2.47. The Bertz CT molecular complexity index is 1260. The van der Waals surface area contributed by atoms with Gasteiger partial charge in [0.1, 0.15) is 53.7 Å². The molecule has 0 amide bonds. The first kappa shape index (κ1) is 30.3. The van der Waals surface area contributed by atoms with Crippen LogP contribution in [0, 0.1) is 5.92 Å². The van der Waals surface area contributed by atoms with Gasteiger partial charge < -0.3 is 4.74 Å². The standard InChI is InChI=1S/C27H22F12O/c1-11-2-3-15(16(28)4-11)12-5-17(29)23(18(30)6-12)13-7-19(31)25(20(32)8-13)27(38,39)40-14-9-21(33)24(22(34)10-14)26(35,36)37/h2-3,5,7,9,14,16,18-20,25H,4,6,8,10H2,1H3. The molecule has 4 rings (SSSR count). The van der Waals surface area contributed by atoms with Crippen molar-refractivity contribution in [3.63, 3.8) is 0 Å². The lowest BCUT2D eigenvalue weighted by molar-refractivity contribution is -0.302. The Morgan fingerprint density at radius 3 is 2.02 bits per heavy atom. The summed E-state index contributed by atoms with van der Waals surface area (Å²) >= 11 is 0. The van der Waals surface area contributed by atoms with Crippen LogP contribution in [-0.2, 0) is 4.74 Å². The van der Waals surface area contributed by atoms with Crippen molar-refractivity contribution < 1.29 is 57.4 Å². The maximum atomic E-state index is 15.1. The van der Waals surface area contributed by atoms with E-state index >= 15 is 4.39 Å².